The third-order valence-corrected chi connectivity index (χ3v) is 3.71. The van der Waals surface area contributed by atoms with Crippen LogP contribution in [0.25, 0.3) is 0 Å². The molecule has 0 fully saturated rings. The molecule has 0 aromatic heterocycles. The van der Waals surface area contributed by atoms with Crippen molar-refractivity contribution in [3.05, 3.63) is 29.3 Å². The van der Waals surface area contributed by atoms with E-state index in [1.807, 2.05) is 25.8 Å². The number of hydrogen-bond acceptors (Lipinski definition) is 2. The second-order valence-electron chi connectivity index (χ2n) is 4.96. The maximum Gasteiger partial charge on any atom is 0.416 e. The Morgan fingerprint density at radius 1 is 1.20 bits per heavy atom. The van der Waals surface area contributed by atoms with Gasteiger partial charge in [0.1, 0.15) is 0 Å². The van der Waals surface area contributed by atoms with Crippen LogP contribution in [0, 0.1) is 0 Å². The zero-order valence-corrected chi connectivity index (χ0v) is 12.3. The van der Waals surface area contributed by atoms with E-state index in [1.165, 1.54) is 6.07 Å². The molecule has 2 nitrogen and oxygen atoms in total. The summed E-state index contributed by atoms with van der Waals surface area (Å²) in [6, 6.07) is 4.78. The fourth-order valence-electron chi connectivity index (χ4n) is 2.47. The first kappa shape index (κ1) is 16.8. The molecular weight excluding hydrogens is 265 g/mol. The van der Waals surface area contributed by atoms with E-state index in [9.17, 15) is 13.2 Å². The number of nitrogens with zero attached hydrogens (tertiary/aromatic N) is 1. The summed E-state index contributed by atoms with van der Waals surface area (Å²) in [4.78, 5) is 1.92. The van der Waals surface area contributed by atoms with E-state index in [-0.39, 0.29) is 24.6 Å². The molecular formula is C15H23F3N2. The van der Waals surface area contributed by atoms with Gasteiger partial charge in [0, 0.05) is 18.8 Å². The minimum atomic E-state index is -4.34. The van der Waals surface area contributed by atoms with Crippen molar-refractivity contribution in [1.82, 2.24) is 0 Å². The lowest BCUT2D eigenvalue weighted by Gasteiger charge is -2.29. The Bertz CT molecular complexity index is 426. The van der Waals surface area contributed by atoms with Gasteiger partial charge in [-0.15, -0.1) is 0 Å². The van der Waals surface area contributed by atoms with E-state index >= 15 is 0 Å². The SMILES string of the molecule is CCC(CC)N(C)c1ccc(CCN)c(C(F)(F)F)c1. The Morgan fingerprint density at radius 2 is 1.80 bits per heavy atom. The zero-order chi connectivity index (χ0) is 15.3. The molecule has 0 aliphatic carbocycles. The summed E-state index contributed by atoms with van der Waals surface area (Å²) < 4.78 is 39.4. The first-order valence-corrected chi connectivity index (χ1v) is 6.98. The summed E-state index contributed by atoms with van der Waals surface area (Å²) in [5, 5.41) is 0. The Kier molecular flexibility index (Phi) is 5.87. The molecule has 0 bridgehead atoms. The molecule has 0 spiro atoms. The second-order valence-corrected chi connectivity index (χ2v) is 4.96. The van der Waals surface area contributed by atoms with Crippen molar-refractivity contribution in [2.24, 2.45) is 5.73 Å². The van der Waals surface area contributed by atoms with Gasteiger partial charge in [0.05, 0.1) is 5.56 Å². The molecule has 0 unspecified atom stereocenters. The molecule has 5 heteroatoms. The predicted molar refractivity (Wildman–Crippen MR) is 77.0 cm³/mol. The fraction of sp³-hybridized carbons (Fsp3) is 0.600. The van der Waals surface area contributed by atoms with Gasteiger partial charge in [-0.05, 0) is 43.5 Å². The largest absolute Gasteiger partial charge is 0.416 e. The summed E-state index contributed by atoms with van der Waals surface area (Å²) in [6.07, 6.45) is -2.29. The van der Waals surface area contributed by atoms with Crippen LogP contribution in [0.5, 0.6) is 0 Å². The standard InChI is InChI=1S/C15H23F3N2/c1-4-12(5-2)20(3)13-7-6-11(8-9-19)14(10-13)15(16,17)18/h6-7,10,12H,4-5,8-9,19H2,1-3H3. The van der Waals surface area contributed by atoms with Crippen LogP contribution in [0.2, 0.25) is 0 Å². The van der Waals surface area contributed by atoms with Crippen molar-refractivity contribution < 1.29 is 13.2 Å². The Hall–Kier alpha value is -1.23. The maximum atomic E-state index is 13.1. The van der Waals surface area contributed by atoms with E-state index in [2.05, 4.69) is 0 Å². The van der Waals surface area contributed by atoms with Gasteiger partial charge >= 0.3 is 6.18 Å². The molecule has 0 saturated carbocycles. The van der Waals surface area contributed by atoms with E-state index in [0.717, 1.165) is 12.8 Å². The van der Waals surface area contributed by atoms with Crippen molar-refractivity contribution >= 4 is 5.69 Å². The highest BCUT2D eigenvalue weighted by atomic mass is 19.4. The molecule has 0 radical (unpaired) electrons. The summed E-state index contributed by atoms with van der Waals surface area (Å²) in [5.41, 5.74) is 5.68. The van der Waals surface area contributed by atoms with Gasteiger partial charge < -0.3 is 10.6 Å². The van der Waals surface area contributed by atoms with Gasteiger partial charge in [-0.1, -0.05) is 19.9 Å². The van der Waals surface area contributed by atoms with Gasteiger partial charge in [0.2, 0.25) is 0 Å². The van der Waals surface area contributed by atoms with Crippen LogP contribution in [-0.4, -0.2) is 19.6 Å². The summed E-state index contributed by atoms with van der Waals surface area (Å²) in [5.74, 6) is 0. The monoisotopic (exact) mass is 288 g/mol. The second kappa shape index (κ2) is 6.97. The van der Waals surface area contributed by atoms with Crippen LogP contribution < -0.4 is 10.6 Å². The van der Waals surface area contributed by atoms with E-state index < -0.39 is 11.7 Å². The highest BCUT2D eigenvalue weighted by molar-refractivity contribution is 5.52. The van der Waals surface area contributed by atoms with Crippen LogP contribution in [0.4, 0.5) is 18.9 Å². The number of hydrogen-bond donors (Lipinski definition) is 1. The third-order valence-electron chi connectivity index (χ3n) is 3.71. The topological polar surface area (TPSA) is 29.3 Å². The van der Waals surface area contributed by atoms with Gasteiger partial charge in [-0.25, -0.2) is 0 Å². The van der Waals surface area contributed by atoms with E-state index in [4.69, 9.17) is 5.73 Å². The number of anilines is 1. The number of nitrogens with two attached hydrogens (primary N) is 1. The molecule has 0 atom stereocenters. The van der Waals surface area contributed by atoms with E-state index in [0.29, 0.717) is 5.69 Å². The van der Waals surface area contributed by atoms with Crippen LogP contribution in [0.3, 0.4) is 0 Å². The van der Waals surface area contributed by atoms with Crippen molar-refractivity contribution in [2.75, 3.05) is 18.5 Å². The minimum Gasteiger partial charge on any atom is -0.372 e. The third kappa shape index (κ3) is 3.88. The lowest BCUT2D eigenvalue weighted by molar-refractivity contribution is -0.138. The number of alkyl halides is 3. The van der Waals surface area contributed by atoms with Gasteiger partial charge in [-0.2, -0.15) is 13.2 Å². The van der Waals surface area contributed by atoms with Crippen LogP contribution >= 0.6 is 0 Å². The number of benzene rings is 1. The lowest BCUT2D eigenvalue weighted by atomic mass is 10.0. The first-order chi connectivity index (χ1) is 9.35. The van der Waals surface area contributed by atoms with Crippen molar-refractivity contribution in [3.63, 3.8) is 0 Å². The smallest absolute Gasteiger partial charge is 0.372 e. The molecule has 20 heavy (non-hydrogen) atoms. The quantitative estimate of drug-likeness (QED) is 0.862. The molecule has 0 saturated heterocycles. The predicted octanol–water partition coefficient (Wildman–Crippen LogP) is 3.83. The number of halogens is 3. The van der Waals surface area contributed by atoms with Gasteiger partial charge in [0.15, 0.2) is 0 Å². The molecule has 0 heterocycles. The molecule has 1 rings (SSSR count). The Balaban J connectivity index is 3.18. The lowest BCUT2D eigenvalue weighted by Crippen LogP contribution is -2.30. The highest BCUT2D eigenvalue weighted by Gasteiger charge is 2.33. The van der Waals surface area contributed by atoms with Gasteiger partial charge in [0.25, 0.3) is 0 Å². The van der Waals surface area contributed by atoms with Crippen LogP contribution in [0.1, 0.15) is 37.8 Å². The average Bonchev–Trinajstić information content (AvgIpc) is 2.39. The average molecular weight is 288 g/mol. The normalized spacial score (nSPS) is 12.0. The molecule has 1 aromatic rings. The van der Waals surface area contributed by atoms with Crippen molar-refractivity contribution in [1.29, 1.82) is 0 Å². The molecule has 114 valence electrons. The summed E-state index contributed by atoms with van der Waals surface area (Å²) in [6.45, 7) is 4.29. The molecule has 0 aliphatic heterocycles. The van der Waals surface area contributed by atoms with Crippen LogP contribution in [-0.2, 0) is 12.6 Å². The van der Waals surface area contributed by atoms with E-state index in [1.54, 1.807) is 12.1 Å². The van der Waals surface area contributed by atoms with Gasteiger partial charge in [-0.3, -0.25) is 0 Å². The minimum absolute atomic E-state index is 0.213. The maximum absolute atomic E-state index is 13.1. The van der Waals surface area contributed by atoms with Crippen molar-refractivity contribution in [3.8, 4) is 0 Å². The number of rotatable bonds is 6. The Morgan fingerprint density at radius 3 is 2.25 bits per heavy atom. The van der Waals surface area contributed by atoms with Crippen LogP contribution in [0.15, 0.2) is 18.2 Å². The molecule has 1 aromatic carbocycles. The fourth-order valence-corrected chi connectivity index (χ4v) is 2.47. The molecule has 2 N–H and O–H groups in total. The summed E-state index contributed by atoms with van der Waals surface area (Å²) in [7, 11) is 1.84. The molecule has 0 aliphatic rings. The van der Waals surface area contributed by atoms with Crippen molar-refractivity contribution in [2.45, 2.75) is 45.3 Å². The summed E-state index contributed by atoms with van der Waals surface area (Å²) >= 11 is 0. The Labute approximate surface area is 118 Å². The highest BCUT2D eigenvalue weighted by Crippen LogP contribution is 2.35. The molecule has 0 amide bonds. The first-order valence-electron chi connectivity index (χ1n) is 6.98. The zero-order valence-electron chi connectivity index (χ0n) is 12.3.